The Kier molecular flexibility index (Phi) is 4.94. The Balaban J connectivity index is 3.76. The van der Waals surface area contributed by atoms with Crippen molar-refractivity contribution in [3.63, 3.8) is 0 Å². The Hall–Kier alpha value is -1.85. The lowest BCUT2D eigenvalue weighted by molar-refractivity contribution is -0.142. The van der Waals surface area contributed by atoms with Crippen LogP contribution in [0.4, 0.5) is 0 Å². The summed E-state index contributed by atoms with van der Waals surface area (Å²) in [4.78, 5) is 24.9. The minimum Gasteiger partial charge on any atom is -0.478 e. The molecule has 0 aliphatic heterocycles. The molecule has 0 rings (SSSR count). The van der Waals surface area contributed by atoms with E-state index in [1.165, 1.54) is 0 Å². The van der Waals surface area contributed by atoms with E-state index in [1.54, 1.807) is 6.92 Å². The number of carboxylic acids is 1. The number of hydrogen-bond acceptors (Lipinski definition) is 4. The number of rotatable bonds is 3. The van der Waals surface area contributed by atoms with Crippen molar-refractivity contribution in [3.8, 4) is 0 Å². The first kappa shape index (κ1) is 11.2. The monoisotopic (exact) mass is 186 g/mol. The van der Waals surface area contributed by atoms with Crippen LogP contribution < -0.4 is 5.48 Å². The third-order valence-corrected chi connectivity index (χ3v) is 0.990. The first-order valence-electron chi connectivity index (χ1n) is 3.51. The Labute approximate surface area is 74.7 Å². The summed E-state index contributed by atoms with van der Waals surface area (Å²) in [6.45, 7) is 1.70. The van der Waals surface area contributed by atoms with Crippen molar-refractivity contribution in [2.45, 2.75) is 13.3 Å². The van der Waals surface area contributed by atoms with Crippen molar-refractivity contribution in [2.75, 3.05) is 0 Å². The number of carbonyl (C=O) groups is 2. The van der Waals surface area contributed by atoms with Gasteiger partial charge >= 0.3 is 11.9 Å². The molecule has 0 atom stereocenters. The van der Waals surface area contributed by atoms with E-state index >= 15 is 0 Å². The minimum atomic E-state index is -1.23. The van der Waals surface area contributed by atoms with Crippen LogP contribution in [0.3, 0.4) is 0 Å². The average Bonchev–Trinajstić information content (AvgIpc) is 2.10. The molecule has 0 saturated carbocycles. The van der Waals surface area contributed by atoms with Crippen molar-refractivity contribution < 1.29 is 19.5 Å². The van der Waals surface area contributed by atoms with E-state index in [-0.39, 0.29) is 5.84 Å². The zero-order chi connectivity index (χ0) is 10.3. The molecule has 0 aromatic heterocycles. The quantitative estimate of drug-likeness (QED) is 0.250. The van der Waals surface area contributed by atoms with Crippen molar-refractivity contribution >= 4 is 17.8 Å². The van der Waals surface area contributed by atoms with E-state index in [0.717, 1.165) is 6.08 Å². The number of aliphatic carboxylic acids is 1. The zero-order valence-corrected chi connectivity index (χ0v) is 7.03. The minimum absolute atomic E-state index is 0.0390. The van der Waals surface area contributed by atoms with Crippen LogP contribution in [0, 0.1) is 5.41 Å². The molecule has 0 saturated heterocycles. The molecule has 0 aromatic rings. The van der Waals surface area contributed by atoms with Gasteiger partial charge in [-0.05, 0) is 0 Å². The molecule has 72 valence electrons. The fourth-order valence-electron chi connectivity index (χ4n) is 0.357. The van der Waals surface area contributed by atoms with Gasteiger partial charge in [-0.2, -0.15) is 0 Å². The number of hydrogen-bond donors (Lipinski definition) is 3. The van der Waals surface area contributed by atoms with Crippen molar-refractivity contribution in [2.24, 2.45) is 0 Å². The highest BCUT2D eigenvalue weighted by Gasteiger charge is 1.99. The Morgan fingerprint density at radius 2 is 2.15 bits per heavy atom. The van der Waals surface area contributed by atoms with Crippen molar-refractivity contribution in [1.82, 2.24) is 5.48 Å². The highest BCUT2D eigenvalue weighted by Crippen LogP contribution is 1.81. The summed E-state index contributed by atoms with van der Waals surface area (Å²) in [5.74, 6) is -2.06. The zero-order valence-electron chi connectivity index (χ0n) is 7.03. The van der Waals surface area contributed by atoms with Gasteiger partial charge in [-0.3, -0.25) is 5.41 Å². The van der Waals surface area contributed by atoms with Gasteiger partial charge in [0.15, 0.2) is 0 Å². The molecule has 0 aliphatic carbocycles. The van der Waals surface area contributed by atoms with Crippen LogP contribution in [0.1, 0.15) is 13.3 Å². The predicted molar refractivity (Wildman–Crippen MR) is 44.0 cm³/mol. The van der Waals surface area contributed by atoms with Crippen LogP contribution in [0.5, 0.6) is 0 Å². The summed E-state index contributed by atoms with van der Waals surface area (Å²) in [5.41, 5.74) is 2.05. The highest BCUT2D eigenvalue weighted by molar-refractivity contribution is 5.91. The van der Waals surface area contributed by atoms with Crippen molar-refractivity contribution in [3.05, 3.63) is 12.2 Å². The molecular weight excluding hydrogens is 176 g/mol. The van der Waals surface area contributed by atoms with E-state index in [0.29, 0.717) is 12.5 Å². The lowest BCUT2D eigenvalue weighted by atomic mass is 10.5. The van der Waals surface area contributed by atoms with Crippen LogP contribution in [-0.4, -0.2) is 22.9 Å². The Morgan fingerprint density at radius 1 is 1.54 bits per heavy atom. The molecule has 0 aromatic carbocycles. The van der Waals surface area contributed by atoms with E-state index in [9.17, 15) is 9.59 Å². The summed E-state index contributed by atoms with van der Waals surface area (Å²) < 4.78 is 0. The maximum Gasteiger partial charge on any atom is 0.355 e. The van der Waals surface area contributed by atoms with Gasteiger partial charge in [0.25, 0.3) is 0 Å². The van der Waals surface area contributed by atoms with Crippen molar-refractivity contribution in [1.29, 1.82) is 5.41 Å². The molecule has 6 nitrogen and oxygen atoms in total. The number of amidine groups is 1. The second-order valence-corrected chi connectivity index (χ2v) is 2.03. The van der Waals surface area contributed by atoms with E-state index in [1.807, 2.05) is 5.48 Å². The summed E-state index contributed by atoms with van der Waals surface area (Å²) in [7, 11) is 0. The topological polar surface area (TPSA) is 99.5 Å². The predicted octanol–water partition coefficient (Wildman–Crippen LogP) is 0.0623. The number of nitrogens with one attached hydrogen (secondary N) is 2. The van der Waals surface area contributed by atoms with Crippen LogP contribution in [0.2, 0.25) is 0 Å². The number of hydroxylamine groups is 1. The third kappa shape index (κ3) is 6.54. The van der Waals surface area contributed by atoms with Crippen LogP contribution in [0.15, 0.2) is 12.2 Å². The van der Waals surface area contributed by atoms with Gasteiger partial charge in [0.05, 0.1) is 0 Å². The van der Waals surface area contributed by atoms with E-state index in [2.05, 4.69) is 4.84 Å². The van der Waals surface area contributed by atoms with Gasteiger partial charge in [-0.15, -0.1) is 0 Å². The van der Waals surface area contributed by atoms with Crippen LogP contribution in [-0.2, 0) is 14.4 Å². The van der Waals surface area contributed by atoms with Crippen LogP contribution in [0.25, 0.3) is 0 Å². The second kappa shape index (κ2) is 5.76. The lowest BCUT2D eigenvalue weighted by Crippen LogP contribution is -2.24. The number of carbonyl (C=O) groups excluding carboxylic acids is 1. The summed E-state index contributed by atoms with van der Waals surface area (Å²) in [6.07, 6.45) is 1.80. The van der Waals surface area contributed by atoms with Gasteiger partial charge in [0, 0.05) is 18.6 Å². The first-order chi connectivity index (χ1) is 6.06. The fraction of sp³-hybridized carbons (Fsp3) is 0.286. The summed E-state index contributed by atoms with van der Waals surface area (Å²) >= 11 is 0. The molecule has 0 heterocycles. The van der Waals surface area contributed by atoms with Gasteiger partial charge in [-0.1, -0.05) is 6.92 Å². The molecule has 0 unspecified atom stereocenters. The average molecular weight is 186 g/mol. The summed E-state index contributed by atoms with van der Waals surface area (Å²) in [5, 5.41) is 15.1. The maximum absolute atomic E-state index is 10.6. The van der Waals surface area contributed by atoms with Crippen LogP contribution >= 0.6 is 0 Å². The third-order valence-electron chi connectivity index (χ3n) is 0.990. The molecule has 0 spiro atoms. The standard InChI is InChI=1S/C7H10N2O4/c1-2-5(8)9-13-7(12)4-3-6(10)11/h3-4H,2H2,1H3,(H2,8,9)(H,10,11). The first-order valence-corrected chi connectivity index (χ1v) is 3.51. The fourth-order valence-corrected chi connectivity index (χ4v) is 0.357. The van der Waals surface area contributed by atoms with E-state index < -0.39 is 11.9 Å². The van der Waals surface area contributed by atoms with E-state index in [4.69, 9.17) is 10.5 Å². The maximum atomic E-state index is 10.6. The largest absolute Gasteiger partial charge is 0.478 e. The molecule has 13 heavy (non-hydrogen) atoms. The smallest absolute Gasteiger partial charge is 0.355 e. The molecule has 0 aliphatic rings. The SMILES string of the molecule is CCC(=N)NOC(=O)C=CC(=O)O. The molecule has 6 heteroatoms. The highest BCUT2D eigenvalue weighted by atomic mass is 16.7. The molecule has 0 amide bonds. The molecule has 3 N–H and O–H groups in total. The Morgan fingerprint density at radius 3 is 2.62 bits per heavy atom. The normalized spacial score (nSPS) is 9.62. The molecule has 0 bridgehead atoms. The molecule has 0 fully saturated rings. The summed E-state index contributed by atoms with van der Waals surface area (Å²) in [6, 6.07) is 0. The Bertz CT molecular complexity index is 247. The second-order valence-electron chi connectivity index (χ2n) is 2.03. The number of carboxylic acid groups (broad SMARTS) is 1. The molecular formula is C7H10N2O4. The van der Waals surface area contributed by atoms with Gasteiger partial charge in [0.2, 0.25) is 0 Å². The molecule has 0 radical (unpaired) electrons. The van der Waals surface area contributed by atoms with Gasteiger partial charge in [-0.25, -0.2) is 15.1 Å². The van der Waals surface area contributed by atoms with Gasteiger partial charge in [0.1, 0.15) is 5.84 Å². The lowest BCUT2D eigenvalue weighted by Gasteiger charge is -2.02. The van der Waals surface area contributed by atoms with Gasteiger partial charge < -0.3 is 9.94 Å².